The van der Waals surface area contributed by atoms with Gasteiger partial charge in [-0.25, -0.2) is 0 Å². The number of rotatable bonds is 4. The van der Waals surface area contributed by atoms with Gasteiger partial charge in [0.05, 0.1) is 18.8 Å². The Balaban J connectivity index is 1.15. The van der Waals surface area contributed by atoms with Gasteiger partial charge in [0.2, 0.25) is 0 Å². The van der Waals surface area contributed by atoms with E-state index in [0.29, 0.717) is 11.8 Å². The zero-order valence-corrected chi connectivity index (χ0v) is 30.1. The molecule has 1 unspecified atom stereocenters. The number of fused-ring (bicyclic) bond motifs is 4. The van der Waals surface area contributed by atoms with Gasteiger partial charge in [0.15, 0.2) is 12.1 Å². The second kappa shape index (κ2) is 10.7. The molecule has 9 heteroatoms. The van der Waals surface area contributed by atoms with Crippen LogP contribution in [0.4, 0.5) is 0 Å². The van der Waals surface area contributed by atoms with Crippen molar-refractivity contribution in [3.05, 3.63) is 0 Å². The van der Waals surface area contributed by atoms with Crippen LogP contribution in [0.3, 0.4) is 0 Å². The number of carbonyl (C=O) groups excluding carboxylic acids is 2. The van der Waals surface area contributed by atoms with E-state index >= 15 is 4.79 Å². The van der Waals surface area contributed by atoms with E-state index in [1.165, 1.54) is 6.92 Å². The SMILES string of the molecule is CC(=O)O[C@@H]([C@H]1C[C@@H](C)[C@H]2[C@H](O1)C(=O)[C@@]1(C)[C@@H]3CC[C@H]4C(C)(C)[C@@H](O[C@@H]5OCC(O)[C@H](O)[C@H]5O)CC[C@@]45C[C@@]35CC[C@]21C)C(C)(C)C. The fourth-order valence-corrected chi connectivity index (χ4v) is 13.5. The zero-order valence-electron chi connectivity index (χ0n) is 30.1. The maximum absolute atomic E-state index is 15.0. The predicted molar refractivity (Wildman–Crippen MR) is 173 cm³/mol. The molecule has 16 atom stereocenters. The normalized spacial score (nSPS) is 53.9. The Kier molecular flexibility index (Phi) is 7.83. The first-order valence-electron chi connectivity index (χ1n) is 18.4. The summed E-state index contributed by atoms with van der Waals surface area (Å²) in [6.45, 7) is 19.2. The number of hydrogen-bond acceptors (Lipinski definition) is 9. The molecule has 2 heterocycles. The van der Waals surface area contributed by atoms with Gasteiger partial charge in [-0.05, 0) is 90.8 Å². The van der Waals surface area contributed by atoms with Crippen LogP contribution in [0.2, 0.25) is 0 Å². The molecule has 2 aliphatic heterocycles. The van der Waals surface area contributed by atoms with Gasteiger partial charge >= 0.3 is 5.97 Å². The van der Waals surface area contributed by atoms with Crippen molar-refractivity contribution in [2.24, 2.45) is 56.2 Å². The highest BCUT2D eigenvalue weighted by Crippen LogP contribution is 2.89. The summed E-state index contributed by atoms with van der Waals surface area (Å²) in [7, 11) is 0. The van der Waals surface area contributed by atoms with E-state index in [-0.39, 0.29) is 69.5 Å². The van der Waals surface area contributed by atoms with Gasteiger partial charge in [0, 0.05) is 23.7 Å². The van der Waals surface area contributed by atoms with Gasteiger partial charge < -0.3 is 34.3 Å². The lowest BCUT2D eigenvalue weighted by molar-refractivity contribution is -0.302. The summed E-state index contributed by atoms with van der Waals surface area (Å²) in [5.74, 6) is 1.11. The lowest BCUT2D eigenvalue weighted by Crippen LogP contribution is -2.60. The van der Waals surface area contributed by atoms with E-state index in [2.05, 4.69) is 55.4 Å². The third-order valence-corrected chi connectivity index (χ3v) is 15.7. The minimum absolute atomic E-state index is 0.0642. The predicted octanol–water partition coefficient (Wildman–Crippen LogP) is 4.81. The lowest BCUT2D eigenvalue weighted by Gasteiger charge is -2.62. The number of Topliss-reactive ketones (excluding diaryl/α,β-unsaturated/α-hetero) is 1. The van der Waals surface area contributed by atoms with E-state index in [9.17, 15) is 20.1 Å². The van der Waals surface area contributed by atoms with Gasteiger partial charge in [0.25, 0.3) is 0 Å². The van der Waals surface area contributed by atoms with Crippen molar-refractivity contribution < 1.29 is 43.9 Å². The average molecular weight is 661 g/mol. The van der Waals surface area contributed by atoms with Crippen LogP contribution in [0.1, 0.15) is 114 Å². The fourth-order valence-electron chi connectivity index (χ4n) is 13.5. The number of esters is 1. The van der Waals surface area contributed by atoms with E-state index in [4.69, 9.17) is 18.9 Å². The van der Waals surface area contributed by atoms with Crippen LogP contribution in [0.15, 0.2) is 0 Å². The smallest absolute Gasteiger partial charge is 0.303 e. The van der Waals surface area contributed by atoms with Crippen molar-refractivity contribution in [1.82, 2.24) is 0 Å². The first-order chi connectivity index (χ1) is 21.8. The van der Waals surface area contributed by atoms with Crippen molar-refractivity contribution in [2.45, 2.75) is 163 Å². The molecular formula is C38H60O9. The van der Waals surface area contributed by atoms with E-state index < -0.39 is 42.2 Å². The maximum atomic E-state index is 15.0. The molecule has 0 bridgehead atoms. The Hall–Kier alpha value is -1.10. The molecule has 266 valence electrons. The van der Waals surface area contributed by atoms with Crippen LogP contribution in [0.25, 0.3) is 0 Å². The molecule has 0 radical (unpaired) electrons. The summed E-state index contributed by atoms with van der Waals surface area (Å²) in [5, 5.41) is 30.8. The van der Waals surface area contributed by atoms with Crippen LogP contribution in [0.5, 0.6) is 0 Å². The standard InChI is InChI=1S/C38H60O9/c1-19-16-22(31(33(3,4)5)45-20(2)39)46-29-26(19)35(8)14-15-38-18-37(38)13-12-25(47-32-28(42)27(41)21(40)17-44-32)34(6,7)23(37)10-11-24(38)36(35,9)30(29)43/h19,21-29,31-32,40-42H,10-18H2,1-9H3/t19-,21?,22-,23+,24+,25+,26+,27+,28-,29+,31+,32+,35-,36-,37-,38+/m1/s1. The third kappa shape index (κ3) is 4.47. The van der Waals surface area contributed by atoms with Crippen molar-refractivity contribution in [1.29, 1.82) is 0 Å². The molecule has 47 heavy (non-hydrogen) atoms. The van der Waals surface area contributed by atoms with Gasteiger partial charge in [-0.3, -0.25) is 9.59 Å². The minimum Gasteiger partial charge on any atom is -0.459 e. The Morgan fingerprint density at radius 2 is 1.62 bits per heavy atom. The molecule has 0 aromatic heterocycles. The molecular weight excluding hydrogens is 600 g/mol. The van der Waals surface area contributed by atoms with E-state index in [1.54, 1.807) is 0 Å². The molecule has 0 aromatic rings. The molecule has 7 rings (SSSR count). The van der Waals surface area contributed by atoms with Crippen molar-refractivity contribution >= 4 is 11.8 Å². The van der Waals surface area contributed by atoms with Gasteiger partial charge in [0.1, 0.15) is 30.5 Å². The quantitative estimate of drug-likeness (QED) is 0.287. The highest BCUT2D eigenvalue weighted by atomic mass is 16.7. The van der Waals surface area contributed by atoms with Crippen LogP contribution in [-0.4, -0.2) is 82.7 Å². The topological polar surface area (TPSA) is 132 Å². The molecule has 0 amide bonds. The van der Waals surface area contributed by atoms with Crippen LogP contribution in [0, 0.1) is 56.2 Å². The molecule has 2 spiro atoms. The highest BCUT2D eigenvalue weighted by molar-refractivity contribution is 5.93. The van der Waals surface area contributed by atoms with Crippen LogP contribution in [-0.2, 0) is 28.5 Å². The molecule has 5 saturated carbocycles. The Bertz CT molecular complexity index is 1290. The Labute approximate surface area is 280 Å². The lowest BCUT2D eigenvalue weighted by atomic mass is 9.41. The van der Waals surface area contributed by atoms with Gasteiger partial charge in [-0.1, -0.05) is 55.4 Å². The number of hydrogen-bond donors (Lipinski definition) is 3. The average Bonchev–Trinajstić information content (AvgIpc) is 3.61. The highest BCUT2D eigenvalue weighted by Gasteiger charge is 2.85. The summed E-state index contributed by atoms with van der Waals surface area (Å²) >= 11 is 0. The fraction of sp³-hybridized carbons (Fsp3) is 0.947. The van der Waals surface area contributed by atoms with E-state index in [0.717, 1.165) is 51.4 Å². The van der Waals surface area contributed by atoms with E-state index in [1.807, 2.05) is 0 Å². The van der Waals surface area contributed by atoms with Crippen molar-refractivity contribution in [2.75, 3.05) is 6.61 Å². The minimum atomic E-state index is -1.29. The molecule has 2 saturated heterocycles. The number of carbonyl (C=O) groups is 2. The molecule has 7 aliphatic rings. The first-order valence-corrected chi connectivity index (χ1v) is 18.4. The van der Waals surface area contributed by atoms with Gasteiger partial charge in [-0.2, -0.15) is 0 Å². The molecule has 7 fully saturated rings. The summed E-state index contributed by atoms with van der Waals surface area (Å²) < 4.78 is 24.9. The number of aliphatic hydroxyl groups excluding tert-OH is 3. The summed E-state index contributed by atoms with van der Waals surface area (Å²) in [4.78, 5) is 27.2. The number of ketones is 1. The number of ether oxygens (including phenoxy) is 4. The third-order valence-electron chi connectivity index (χ3n) is 15.7. The summed E-state index contributed by atoms with van der Waals surface area (Å²) in [5.41, 5.74) is -0.835. The largest absolute Gasteiger partial charge is 0.459 e. The van der Waals surface area contributed by atoms with Crippen LogP contribution < -0.4 is 0 Å². The zero-order chi connectivity index (χ0) is 34.3. The van der Waals surface area contributed by atoms with Crippen molar-refractivity contribution in [3.8, 4) is 0 Å². The molecule has 0 aromatic carbocycles. The molecule has 5 aliphatic carbocycles. The van der Waals surface area contributed by atoms with Gasteiger partial charge in [-0.15, -0.1) is 0 Å². The maximum Gasteiger partial charge on any atom is 0.303 e. The first kappa shape index (κ1) is 34.4. The summed E-state index contributed by atoms with van der Waals surface area (Å²) in [6.07, 6.45) is 1.98. The Morgan fingerprint density at radius 1 is 0.957 bits per heavy atom. The molecule has 9 nitrogen and oxygen atoms in total. The summed E-state index contributed by atoms with van der Waals surface area (Å²) in [6, 6.07) is 0. The Morgan fingerprint density at radius 3 is 2.28 bits per heavy atom. The molecule has 3 N–H and O–H groups in total. The van der Waals surface area contributed by atoms with Crippen molar-refractivity contribution in [3.63, 3.8) is 0 Å². The van der Waals surface area contributed by atoms with Crippen LogP contribution >= 0.6 is 0 Å². The monoisotopic (exact) mass is 660 g/mol. The second-order valence-corrected chi connectivity index (χ2v) is 19.1. The number of aliphatic hydroxyl groups is 3. The second-order valence-electron chi connectivity index (χ2n) is 19.1.